The van der Waals surface area contributed by atoms with Crippen LogP contribution >= 0.6 is 0 Å². The average molecular weight is 335 g/mol. The molecule has 0 aliphatic heterocycles. The Balaban J connectivity index is 1.94. The fourth-order valence-corrected chi connectivity index (χ4v) is 3.51. The van der Waals surface area contributed by atoms with Gasteiger partial charge in [-0.3, -0.25) is 0 Å². The van der Waals surface area contributed by atoms with Crippen LogP contribution in [0.2, 0.25) is 0 Å². The lowest BCUT2D eigenvalue weighted by atomic mass is 10.1. The summed E-state index contributed by atoms with van der Waals surface area (Å²) in [6.45, 7) is -0.0474. The van der Waals surface area contributed by atoms with E-state index in [0.29, 0.717) is 11.2 Å². The molecule has 1 heterocycles. The van der Waals surface area contributed by atoms with Crippen molar-refractivity contribution in [3.63, 3.8) is 0 Å². The third-order valence-corrected chi connectivity index (χ3v) is 4.95. The quantitative estimate of drug-likeness (QED) is 0.718. The van der Waals surface area contributed by atoms with Gasteiger partial charge in [0.1, 0.15) is 11.2 Å². The minimum absolute atomic E-state index is 0.0634. The van der Waals surface area contributed by atoms with Gasteiger partial charge in [-0.25, -0.2) is 13.1 Å². The Labute approximate surface area is 133 Å². The van der Waals surface area contributed by atoms with Crippen LogP contribution < -0.4 is 4.72 Å². The molecule has 0 spiro atoms. The summed E-state index contributed by atoms with van der Waals surface area (Å²) in [5.74, 6) is 0. The number of rotatable bonds is 6. The molecule has 1 aromatic heterocycles. The summed E-state index contributed by atoms with van der Waals surface area (Å²) in [6, 6.07) is 12.1. The van der Waals surface area contributed by atoms with Crippen LogP contribution in [0.25, 0.3) is 21.9 Å². The number of para-hydroxylation sites is 1. The highest BCUT2D eigenvalue weighted by Crippen LogP contribution is 2.30. The molecule has 0 saturated carbocycles. The zero-order valence-electron chi connectivity index (χ0n) is 12.5. The predicted octanol–water partition coefficient (Wildman–Crippen LogP) is 1.87. The molecule has 0 fully saturated rings. The number of furan rings is 1. The summed E-state index contributed by atoms with van der Waals surface area (Å²) in [5, 5.41) is 11.2. The molecule has 3 rings (SSSR count). The first kappa shape index (κ1) is 15.9. The molecule has 23 heavy (non-hydrogen) atoms. The number of methoxy groups -OCH3 is 1. The first-order valence-electron chi connectivity index (χ1n) is 7.09. The lowest BCUT2D eigenvalue weighted by Gasteiger charge is -2.11. The molecule has 2 aromatic carbocycles. The van der Waals surface area contributed by atoms with E-state index in [1.807, 2.05) is 24.3 Å². The van der Waals surface area contributed by atoms with Crippen LogP contribution in [0.1, 0.15) is 0 Å². The second kappa shape index (κ2) is 6.29. The van der Waals surface area contributed by atoms with E-state index in [1.165, 1.54) is 13.2 Å². The number of aliphatic hydroxyl groups excluding tert-OH is 1. The first-order valence-corrected chi connectivity index (χ1v) is 8.57. The van der Waals surface area contributed by atoms with Crippen molar-refractivity contribution < 1.29 is 22.7 Å². The predicted molar refractivity (Wildman–Crippen MR) is 86.8 cm³/mol. The largest absolute Gasteiger partial charge is 0.456 e. The van der Waals surface area contributed by atoms with Crippen molar-refractivity contribution in [3.8, 4) is 0 Å². The normalized spacial score (nSPS) is 13.7. The van der Waals surface area contributed by atoms with E-state index in [0.717, 1.165) is 10.8 Å². The van der Waals surface area contributed by atoms with Gasteiger partial charge in [0.15, 0.2) is 0 Å². The fraction of sp³-hybridized carbons (Fsp3) is 0.250. The van der Waals surface area contributed by atoms with Gasteiger partial charge in [0.05, 0.1) is 17.6 Å². The Bertz CT molecular complexity index is 932. The van der Waals surface area contributed by atoms with Gasteiger partial charge in [-0.15, -0.1) is 0 Å². The van der Waals surface area contributed by atoms with Crippen LogP contribution in [-0.4, -0.2) is 39.9 Å². The van der Waals surface area contributed by atoms with E-state index >= 15 is 0 Å². The summed E-state index contributed by atoms with van der Waals surface area (Å²) in [6.07, 6.45) is -0.895. The summed E-state index contributed by atoms with van der Waals surface area (Å²) in [4.78, 5) is 0.126. The highest BCUT2D eigenvalue weighted by atomic mass is 32.2. The molecule has 2 N–H and O–H groups in total. The van der Waals surface area contributed by atoms with Gasteiger partial charge in [-0.1, -0.05) is 18.2 Å². The van der Waals surface area contributed by atoms with Gasteiger partial charge in [0.2, 0.25) is 10.0 Å². The van der Waals surface area contributed by atoms with Crippen molar-refractivity contribution in [2.24, 2.45) is 0 Å². The molecule has 0 radical (unpaired) electrons. The van der Waals surface area contributed by atoms with Gasteiger partial charge in [0.25, 0.3) is 0 Å². The van der Waals surface area contributed by atoms with E-state index in [1.54, 1.807) is 12.1 Å². The molecule has 7 heteroatoms. The van der Waals surface area contributed by atoms with Gasteiger partial charge in [-0.05, 0) is 24.3 Å². The Hall–Kier alpha value is -1.93. The standard InChI is InChI=1S/C16H17NO5S/c1-21-10-11(18)9-17-23(19,20)12-6-7-16-14(8-12)13-4-2-3-5-15(13)22-16/h2-8,11,17-18H,9-10H2,1H3/t11-/m1/s1. The summed E-state index contributed by atoms with van der Waals surface area (Å²) < 4.78 is 37.5. The molecule has 0 aliphatic carbocycles. The van der Waals surface area contributed by atoms with Crippen molar-refractivity contribution in [1.82, 2.24) is 4.72 Å². The van der Waals surface area contributed by atoms with E-state index in [-0.39, 0.29) is 18.0 Å². The molecule has 0 amide bonds. The molecule has 122 valence electrons. The van der Waals surface area contributed by atoms with Crippen molar-refractivity contribution in [2.45, 2.75) is 11.0 Å². The van der Waals surface area contributed by atoms with Crippen molar-refractivity contribution >= 4 is 32.0 Å². The molecule has 0 unspecified atom stereocenters. The Kier molecular flexibility index (Phi) is 4.36. The van der Waals surface area contributed by atoms with E-state index in [9.17, 15) is 13.5 Å². The smallest absolute Gasteiger partial charge is 0.240 e. The fourth-order valence-electron chi connectivity index (χ4n) is 2.41. The molecule has 0 bridgehead atoms. The zero-order valence-corrected chi connectivity index (χ0v) is 13.3. The lowest BCUT2D eigenvalue weighted by molar-refractivity contribution is 0.0679. The first-order chi connectivity index (χ1) is 11.0. The van der Waals surface area contributed by atoms with Gasteiger partial charge in [-0.2, -0.15) is 0 Å². The number of hydrogen-bond donors (Lipinski definition) is 2. The second-order valence-corrected chi connectivity index (χ2v) is 6.98. The van der Waals surface area contributed by atoms with Gasteiger partial charge in [0, 0.05) is 24.4 Å². The SMILES string of the molecule is COC[C@H](O)CNS(=O)(=O)c1ccc2oc3ccccc3c2c1. The monoisotopic (exact) mass is 335 g/mol. The molecule has 0 aliphatic rings. The second-order valence-electron chi connectivity index (χ2n) is 5.22. The van der Waals surface area contributed by atoms with Crippen LogP contribution in [0, 0.1) is 0 Å². The van der Waals surface area contributed by atoms with E-state index in [4.69, 9.17) is 9.15 Å². The molecule has 0 saturated heterocycles. The van der Waals surface area contributed by atoms with Gasteiger partial charge < -0.3 is 14.3 Å². The molecular weight excluding hydrogens is 318 g/mol. The third-order valence-electron chi connectivity index (χ3n) is 3.53. The summed E-state index contributed by atoms with van der Waals surface area (Å²) >= 11 is 0. The number of fused-ring (bicyclic) bond motifs is 3. The number of ether oxygens (including phenoxy) is 1. The number of hydrogen-bond acceptors (Lipinski definition) is 5. The Morgan fingerprint density at radius 1 is 1.17 bits per heavy atom. The Morgan fingerprint density at radius 3 is 2.70 bits per heavy atom. The summed E-state index contributed by atoms with van der Waals surface area (Å²) in [5.41, 5.74) is 1.34. The van der Waals surface area contributed by atoms with Crippen molar-refractivity contribution in [1.29, 1.82) is 0 Å². The van der Waals surface area contributed by atoms with Gasteiger partial charge >= 0.3 is 0 Å². The van der Waals surface area contributed by atoms with Crippen LogP contribution in [0.15, 0.2) is 51.8 Å². The molecule has 6 nitrogen and oxygen atoms in total. The summed E-state index contributed by atoms with van der Waals surface area (Å²) in [7, 11) is -2.28. The topological polar surface area (TPSA) is 88.8 Å². The van der Waals surface area contributed by atoms with E-state index in [2.05, 4.69) is 4.72 Å². The minimum atomic E-state index is -3.72. The Morgan fingerprint density at radius 2 is 1.91 bits per heavy atom. The molecular formula is C16H17NO5S. The van der Waals surface area contributed by atoms with Crippen molar-refractivity contribution in [2.75, 3.05) is 20.3 Å². The number of benzene rings is 2. The maximum atomic E-state index is 12.3. The zero-order chi connectivity index (χ0) is 16.4. The number of nitrogens with one attached hydrogen (secondary N) is 1. The van der Waals surface area contributed by atoms with E-state index < -0.39 is 16.1 Å². The minimum Gasteiger partial charge on any atom is -0.456 e. The highest BCUT2D eigenvalue weighted by Gasteiger charge is 2.18. The van der Waals surface area contributed by atoms with Crippen molar-refractivity contribution in [3.05, 3.63) is 42.5 Å². The van der Waals surface area contributed by atoms with Crippen LogP contribution in [0.5, 0.6) is 0 Å². The maximum Gasteiger partial charge on any atom is 0.240 e. The number of sulfonamides is 1. The van der Waals surface area contributed by atoms with Crippen LogP contribution in [0.3, 0.4) is 0 Å². The molecule has 3 aromatic rings. The average Bonchev–Trinajstić information content (AvgIpc) is 2.91. The number of aliphatic hydroxyl groups is 1. The lowest BCUT2D eigenvalue weighted by Crippen LogP contribution is -2.34. The van der Waals surface area contributed by atoms with Crippen LogP contribution in [-0.2, 0) is 14.8 Å². The molecule has 1 atom stereocenters. The highest BCUT2D eigenvalue weighted by molar-refractivity contribution is 7.89. The maximum absolute atomic E-state index is 12.3. The van der Waals surface area contributed by atoms with Crippen LogP contribution in [0.4, 0.5) is 0 Å². The third kappa shape index (κ3) is 3.23.